The zero-order valence-corrected chi connectivity index (χ0v) is 12.5. The van der Waals surface area contributed by atoms with Crippen LogP contribution in [0.25, 0.3) is 11.4 Å². The van der Waals surface area contributed by atoms with E-state index in [2.05, 4.69) is 35.5 Å². The lowest BCUT2D eigenvalue weighted by atomic mass is 10.0. The maximum Gasteiger partial charge on any atom is 0.162 e. The van der Waals surface area contributed by atoms with Gasteiger partial charge in [-0.15, -0.1) is 0 Å². The molecule has 3 N–H and O–H groups in total. The Bertz CT molecular complexity index is 637. The highest BCUT2D eigenvalue weighted by atomic mass is 15.3. The molecule has 3 rings (SSSR count). The molecule has 1 aliphatic rings. The monoisotopic (exact) mass is 282 g/mol. The topological polar surface area (TPSA) is 63.8 Å². The average molecular weight is 282 g/mol. The zero-order chi connectivity index (χ0) is 14.7. The third-order valence-electron chi connectivity index (χ3n) is 4.21. The molecule has 1 aromatic carbocycles. The molecule has 4 nitrogen and oxygen atoms in total. The molecule has 0 unspecified atom stereocenters. The second-order valence-corrected chi connectivity index (χ2v) is 5.54. The summed E-state index contributed by atoms with van der Waals surface area (Å²) in [5.41, 5.74) is 7.53. The van der Waals surface area contributed by atoms with Crippen LogP contribution in [0, 0.1) is 0 Å². The van der Waals surface area contributed by atoms with Crippen molar-refractivity contribution < 1.29 is 0 Å². The maximum absolute atomic E-state index is 5.70. The van der Waals surface area contributed by atoms with Crippen molar-refractivity contribution in [2.45, 2.75) is 45.4 Å². The van der Waals surface area contributed by atoms with E-state index < -0.39 is 0 Å². The molecule has 0 saturated carbocycles. The Labute approximate surface area is 125 Å². The number of nitrogens with zero attached hydrogens (tertiary/aromatic N) is 2. The number of hydrogen-bond acceptors (Lipinski definition) is 4. The molecule has 2 aromatic rings. The molecule has 1 heterocycles. The number of rotatable bonds is 3. The number of fused-ring (bicyclic) bond motifs is 1. The fourth-order valence-electron chi connectivity index (χ4n) is 3.06. The molecular formula is C17H22N4. The number of nitrogens with one attached hydrogen (secondary N) is 1. The first-order valence-electron chi connectivity index (χ1n) is 7.78. The van der Waals surface area contributed by atoms with Gasteiger partial charge in [-0.05, 0) is 37.7 Å². The molecule has 110 valence electrons. The van der Waals surface area contributed by atoms with Gasteiger partial charge in [-0.25, -0.2) is 15.8 Å². The van der Waals surface area contributed by atoms with Gasteiger partial charge in [0.15, 0.2) is 5.82 Å². The number of nitrogen functional groups attached to an aromatic ring is 1. The van der Waals surface area contributed by atoms with Gasteiger partial charge in [0.25, 0.3) is 0 Å². The van der Waals surface area contributed by atoms with Crippen molar-refractivity contribution in [1.29, 1.82) is 0 Å². The summed E-state index contributed by atoms with van der Waals surface area (Å²) in [6, 6.07) is 8.34. The number of aromatic nitrogens is 2. The second kappa shape index (κ2) is 6.22. The van der Waals surface area contributed by atoms with E-state index in [4.69, 9.17) is 10.8 Å². The van der Waals surface area contributed by atoms with Crippen molar-refractivity contribution in [3.8, 4) is 11.4 Å². The van der Waals surface area contributed by atoms with Crippen molar-refractivity contribution >= 4 is 5.82 Å². The minimum Gasteiger partial charge on any atom is -0.308 e. The zero-order valence-electron chi connectivity index (χ0n) is 12.5. The predicted molar refractivity (Wildman–Crippen MR) is 85.9 cm³/mol. The lowest BCUT2D eigenvalue weighted by Gasteiger charge is -2.14. The number of benzene rings is 1. The van der Waals surface area contributed by atoms with Gasteiger partial charge in [0, 0.05) is 16.8 Å². The van der Waals surface area contributed by atoms with Crippen molar-refractivity contribution in [3.05, 3.63) is 41.1 Å². The Morgan fingerprint density at radius 1 is 1.10 bits per heavy atom. The van der Waals surface area contributed by atoms with Crippen LogP contribution in [-0.2, 0) is 19.3 Å². The third-order valence-corrected chi connectivity index (χ3v) is 4.21. The molecular weight excluding hydrogens is 260 g/mol. The minimum absolute atomic E-state index is 0.793. The molecule has 0 saturated heterocycles. The van der Waals surface area contributed by atoms with Crippen molar-refractivity contribution in [3.63, 3.8) is 0 Å². The summed E-state index contributed by atoms with van der Waals surface area (Å²) in [7, 11) is 0. The van der Waals surface area contributed by atoms with E-state index in [9.17, 15) is 0 Å². The Morgan fingerprint density at radius 3 is 2.71 bits per heavy atom. The smallest absolute Gasteiger partial charge is 0.162 e. The van der Waals surface area contributed by atoms with Crippen LogP contribution < -0.4 is 11.3 Å². The fourth-order valence-corrected chi connectivity index (χ4v) is 3.06. The summed E-state index contributed by atoms with van der Waals surface area (Å²) in [4.78, 5) is 9.53. The van der Waals surface area contributed by atoms with Crippen LogP contribution >= 0.6 is 0 Å². The van der Waals surface area contributed by atoms with E-state index in [-0.39, 0.29) is 0 Å². The molecule has 0 bridgehead atoms. The highest BCUT2D eigenvalue weighted by molar-refractivity contribution is 5.63. The summed E-state index contributed by atoms with van der Waals surface area (Å²) in [6.07, 6.45) is 6.65. The first-order valence-corrected chi connectivity index (χ1v) is 7.78. The first-order chi connectivity index (χ1) is 10.3. The lowest BCUT2D eigenvalue weighted by Crippen LogP contribution is -2.14. The van der Waals surface area contributed by atoms with Gasteiger partial charge in [-0.3, -0.25) is 0 Å². The summed E-state index contributed by atoms with van der Waals surface area (Å²) in [6.45, 7) is 2.16. The number of aryl methyl sites for hydroxylation is 2. The molecule has 0 amide bonds. The van der Waals surface area contributed by atoms with E-state index in [1.165, 1.54) is 30.4 Å². The van der Waals surface area contributed by atoms with E-state index in [1.54, 1.807) is 0 Å². The Balaban J connectivity index is 2.13. The second-order valence-electron chi connectivity index (χ2n) is 5.54. The Kier molecular flexibility index (Phi) is 4.15. The standard InChI is InChI=1S/C17H22N4/c1-2-12-8-6-7-9-13(12)16-19-15-11-5-3-4-10-14(15)17(20-16)21-18/h6-9H,2-5,10-11,18H2,1H3,(H,19,20,21). The molecule has 0 aliphatic heterocycles. The van der Waals surface area contributed by atoms with Crippen molar-refractivity contribution in [1.82, 2.24) is 9.97 Å². The summed E-state index contributed by atoms with van der Waals surface area (Å²) in [5.74, 6) is 7.29. The van der Waals surface area contributed by atoms with E-state index >= 15 is 0 Å². The van der Waals surface area contributed by atoms with Crippen LogP contribution in [0.4, 0.5) is 5.82 Å². The maximum atomic E-state index is 5.70. The van der Waals surface area contributed by atoms with Gasteiger partial charge in [-0.1, -0.05) is 37.6 Å². The molecule has 0 atom stereocenters. The summed E-state index contributed by atoms with van der Waals surface area (Å²) < 4.78 is 0. The molecule has 1 aromatic heterocycles. The van der Waals surface area contributed by atoms with Crippen LogP contribution in [-0.4, -0.2) is 9.97 Å². The Hall–Kier alpha value is -1.94. The van der Waals surface area contributed by atoms with E-state index in [1.807, 2.05) is 6.07 Å². The van der Waals surface area contributed by atoms with Gasteiger partial charge in [-0.2, -0.15) is 0 Å². The minimum atomic E-state index is 0.793. The normalized spacial score (nSPS) is 14.4. The quantitative estimate of drug-likeness (QED) is 0.515. The van der Waals surface area contributed by atoms with Gasteiger partial charge in [0.05, 0.1) is 0 Å². The number of anilines is 1. The number of hydrogen-bond donors (Lipinski definition) is 2. The average Bonchev–Trinajstić information content (AvgIpc) is 2.79. The van der Waals surface area contributed by atoms with Gasteiger partial charge < -0.3 is 5.43 Å². The van der Waals surface area contributed by atoms with Gasteiger partial charge in [0.2, 0.25) is 0 Å². The van der Waals surface area contributed by atoms with Crippen molar-refractivity contribution in [2.75, 3.05) is 5.43 Å². The predicted octanol–water partition coefficient (Wildman–Crippen LogP) is 3.26. The van der Waals surface area contributed by atoms with Crippen LogP contribution in [0.5, 0.6) is 0 Å². The first kappa shape index (κ1) is 14.0. The van der Waals surface area contributed by atoms with Gasteiger partial charge in [0.1, 0.15) is 5.82 Å². The number of hydrazine groups is 1. The van der Waals surface area contributed by atoms with E-state index in [0.29, 0.717) is 0 Å². The van der Waals surface area contributed by atoms with Crippen LogP contribution in [0.15, 0.2) is 24.3 Å². The fraction of sp³-hybridized carbons (Fsp3) is 0.412. The molecule has 21 heavy (non-hydrogen) atoms. The summed E-state index contributed by atoms with van der Waals surface area (Å²) in [5, 5.41) is 0. The summed E-state index contributed by atoms with van der Waals surface area (Å²) >= 11 is 0. The molecule has 0 radical (unpaired) electrons. The van der Waals surface area contributed by atoms with Crippen LogP contribution in [0.3, 0.4) is 0 Å². The van der Waals surface area contributed by atoms with Crippen LogP contribution in [0.2, 0.25) is 0 Å². The Morgan fingerprint density at radius 2 is 1.90 bits per heavy atom. The number of nitrogens with two attached hydrogens (primary N) is 1. The largest absolute Gasteiger partial charge is 0.308 e. The highest BCUT2D eigenvalue weighted by Gasteiger charge is 2.17. The SMILES string of the molecule is CCc1ccccc1-c1nc2c(c(NN)n1)CCCCC2. The van der Waals surface area contributed by atoms with Gasteiger partial charge >= 0.3 is 0 Å². The van der Waals surface area contributed by atoms with E-state index in [0.717, 1.165) is 42.2 Å². The third kappa shape index (κ3) is 2.76. The van der Waals surface area contributed by atoms with Crippen molar-refractivity contribution in [2.24, 2.45) is 5.84 Å². The molecule has 1 aliphatic carbocycles. The lowest BCUT2D eigenvalue weighted by molar-refractivity contribution is 0.709. The molecule has 0 spiro atoms. The highest BCUT2D eigenvalue weighted by Crippen LogP contribution is 2.28. The molecule has 4 heteroatoms. The van der Waals surface area contributed by atoms with Crippen LogP contribution in [0.1, 0.15) is 43.0 Å². The molecule has 0 fully saturated rings.